The molecule has 29 heavy (non-hydrogen) atoms. The van der Waals surface area contributed by atoms with Crippen LogP contribution in [0, 0.1) is 0 Å². The molecular formula is C21H35IN4O3. The third kappa shape index (κ3) is 7.49. The zero-order valence-corrected chi connectivity index (χ0v) is 20.0. The fourth-order valence-corrected chi connectivity index (χ4v) is 3.60. The minimum Gasteiger partial charge on any atom is -0.497 e. The van der Waals surface area contributed by atoms with Gasteiger partial charge in [-0.25, -0.2) is 0 Å². The third-order valence-electron chi connectivity index (χ3n) is 5.18. The first-order valence-corrected chi connectivity index (χ1v) is 10.4. The van der Waals surface area contributed by atoms with Crippen molar-refractivity contribution in [2.45, 2.75) is 25.9 Å². The number of halogens is 1. The normalized spacial score (nSPS) is 19.8. The van der Waals surface area contributed by atoms with Crippen LogP contribution in [0.3, 0.4) is 0 Å². The first-order chi connectivity index (χ1) is 13.8. The maximum absolute atomic E-state index is 5.73. The lowest BCUT2D eigenvalue weighted by atomic mass is 10.2. The number of benzene rings is 1. The van der Waals surface area contributed by atoms with Gasteiger partial charge in [-0.1, -0.05) is 0 Å². The molecule has 1 atom stereocenters. The molecule has 1 N–H and O–H groups in total. The number of nitrogens with zero attached hydrogens (tertiary/aromatic N) is 3. The highest BCUT2D eigenvalue weighted by molar-refractivity contribution is 14.0. The Morgan fingerprint density at radius 3 is 2.59 bits per heavy atom. The Labute approximate surface area is 191 Å². The van der Waals surface area contributed by atoms with Gasteiger partial charge in [0.05, 0.1) is 33.0 Å². The number of hydrogen-bond acceptors (Lipinski definition) is 5. The second-order valence-electron chi connectivity index (χ2n) is 7.12. The van der Waals surface area contributed by atoms with Gasteiger partial charge in [0, 0.05) is 45.0 Å². The molecule has 2 aliphatic rings. The molecule has 0 spiro atoms. The van der Waals surface area contributed by atoms with Crippen molar-refractivity contribution in [1.82, 2.24) is 10.2 Å². The van der Waals surface area contributed by atoms with E-state index in [4.69, 9.17) is 19.2 Å². The number of guanidine groups is 1. The standard InChI is InChI=1S/C21H34N4O3.HI/c1-3-22-21(23-10-16-27-17-20-5-4-15-28-20)25-13-11-24(12-14-25)18-6-8-19(26-2)9-7-18;/h6-9,20H,3-5,10-17H2,1-2H3,(H,22,23);1H. The van der Waals surface area contributed by atoms with Crippen molar-refractivity contribution in [2.75, 3.05) is 71.1 Å². The average molecular weight is 518 g/mol. The van der Waals surface area contributed by atoms with Crippen LogP contribution in [-0.4, -0.2) is 83.2 Å². The van der Waals surface area contributed by atoms with Crippen LogP contribution < -0.4 is 15.0 Å². The van der Waals surface area contributed by atoms with Crippen LogP contribution in [0.2, 0.25) is 0 Å². The Morgan fingerprint density at radius 2 is 1.97 bits per heavy atom. The summed E-state index contributed by atoms with van der Waals surface area (Å²) in [4.78, 5) is 9.50. The van der Waals surface area contributed by atoms with Crippen LogP contribution in [0.15, 0.2) is 29.3 Å². The maximum atomic E-state index is 5.73. The fraction of sp³-hybridized carbons (Fsp3) is 0.667. The summed E-state index contributed by atoms with van der Waals surface area (Å²) in [6.45, 7) is 9.72. The number of piperazine rings is 1. The van der Waals surface area contributed by atoms with E-state index in [2.05, 4.69) is 34.2 Å². The quantitative estimate of drug-likeness (QED) is 0.247. The Kier molecular flexibility index (Phi) is 10.9. The summed E-state index contributed by atoms with van der Waals surface area (Å²) in [5.41, 5.74) is 1.24. The zero-order chi connectivity index (χ0) is 19.6. The largest absolute Gasteiger partial charge is 0.497 e. The highest BCUT2D eigenvalue weighted by Crippen LogP contribution is 2.20. The molecule has 0 aromatic heterocycles. The van der Waals surface area contributed by atoms with E-state index < -0.39 is 0 Å². The molecule has 3 rings (SSSR count). The summed E-state index contributed by atoms with van der Waals surface area (Å²) in [5.74, 6) is 1.88. The van der Waals surface area contributed by atoms with Gasteiger partial charge in [-0.05, 0) is 44.0 Å². The van der Waals surface area contributed by atoms with E-state index in [9.17, 15) is 0 Å². The number of nitrogens with one attached hydrogen (secondary N) is 1. The minimum atomic E-state index is 0. The fourth-order valence-electron chi connectivity index (χ4n) is 3.60. The van der Waals surface area contributed by atoms with Crippen molar-refractivity contribution in [3.05, 3.63) is 24.3 Å². The predicted octanol–water partition coefficient (Wildman–Crippen LogP) is 2.60. The molecule has 2 saturated heterocycles. The van der Waals surface area contributed by atoms with Gasteiger partial charge in [0.15, 0.2) is 5.96 Å². The summed E-state index contributed by atoms with van der Waals surface area (Å²) >= 11 is 0. The lowest BCUT2D eigenvalue weighted by molar-refractivity contribution is 0.0199. The molecule has 2 aliphatic heterocycles. The zero-order valence-electron chi connectivity index (χ0n) is 17.6. The Balaban J connectivity index is 0.00000300. The van der Waals surface area contributed by atoms with Crippen LogP contribution in [0.5, 0.6) is 5.75 Å². The SMILES string of the molecule is CCNC(=NCCOCC1CCCO1)N1CCN(c2ccc(OC)cc2)CC1.I. The highest BCUT2D eigenvalue weighted by atomic mass is 127. The van der Waals surface area contributed by atoms with Gasteiger partial charge in [0.25, 0.3) is 0 Å². The Hall–Kier alpha value is -1.26. The van der Waals surface area contributed by atoms with Crippen LogP contribution in [0.1, 0.15) is 19.8 Å². The molecule has 1 unspecified atom stereocenters. The van der Waals surface area contributed by atoms with E-state index >= 15 is 0 Å². The van der Waals surface area contributed by atoms with Crippen molar-refractivity contribution in [3.63, 3.8) is 0 Å². The van der Waals surface area contributed by atoms with E-state index in [1.165, 1.54) is 5.69 Å². The second kappa shape index (κ2) is 13.1. The molecule has 2 heterocycles. The van der Waals surface area contributed by atoms with E-state index in [1.807, 2.05) is 12.1 Å². The molecule has 0 bridgehead atoms. The first-order valence-electron chi connectivity index (χ1n) is 10.4. The van der Waals surface area contributed by atoms with Gasteiger partial charge in [-0.3, -0.25) is 4.99 Å². The van der Waals surface area contributed by atoms with Crippen molar-refractivity contribution in [3.8, 4) is 5.75 Å². The second-order valence-corrected chi connectivity index (χ2v) is 7.12. The number of rotatable bonds is 8. The van der Waals surface area contributed by atoms with Crippen molar-refractivity contribution in [2.24, 2.45) is 4.99 Å². The smallest absolute Gasteiger partial charge is 0.194 e. The average Bonchev–Trinajstić information content (AvgIpc) is 3.26. The molecule has 7 nitrogen and oxygen atoms in total. The Bertz CT molecular complexity index is 600. The lowest BCUT2D eigenvalue weighted by Gasteiger charge is -2.37. The van der Waals surface area contributed by atoms with Gasteiger partial charge in [-0.2, -0.15) is 0 Å². The summed E-state index contributed by atoms with van der Waals surface area (Å²) in [5, 5.41) is 3.41. The molecule has 0 amide bonds. The molecule has 0 saturated carbocycles. The van der Waals surface area contributed by atoms with Crippen LogP contribution in [0.25, 0.3) is 0 Å². The van der Waals surface area contributed by atoms with E-state index in [-0.39, 0.29) is 30.1 Å². The summed E-state index contributed by atoms with van der Waals surface area (Å²) in [7, 11) is 1.70. The van der Waals surface area contributed by atoms with Crippen molar-refractivity contribution in [1.29, 1.82) is 0 Å². The highest BCUT2D eigenvalue weighted by Gasteiger charge is 2.20. The van der Waals surface area contributed by atoms with E-state index in [0.717, 1.165) is 63.9 Å². The molecule has 1 aromatic rings. The molecule has 0 radical (unpaired) electrons. The molecule has 164 valence electrons. The third-order valence-corrected chi connectivity index (χ3v) is 5.18. The Morgan fingerprint density at radius 1 is 1.21 bits per heavy atom. The molecular weight excluding hydrogens is 483 g/mol. The van der Waals surface area contributed by atoms with Gasteiger partial charge in [0.2, 0.25) is 0 Å². The number of ether oxygens (including phenoxy) is 3. The number of anilines is 1. The molecule has 2 fully saturated rings. The first kappa shape index (κ1) is 24.0. The van der Waals surface area contributed by atoms with Gasteiger partial charge in [-0.15, -0.1) is 24.0 Å². The van der Waals surface area contributed by atoms with Crippen molar-refractivity contribution < 1.29 is 14.2 Å². The predicted molar refractivity (Wildman–Crippen MR) is 128 cm³/mol. The van der Waals surface area contributed by atoms with Crippen molar-refractivity contribution >= 4 is 35.6 Å². The van der Waals surface area contributed by atoms with Crippen LogP contribution >= 0.6 is 24.0 Å². The van der Waals surface area contributed by atoms with Gasteiger partial charge >= 0.3 is 0 Å². The van der Waals surface area contributed by atoms with E-state index in [0.29, 0.717) is 19.8 Å². The maximum Gasteiger partial charge on any atom is 0.194 e. The van der Waals surface area contributed by atoms with Gasteiger partial charge in [0.1, 0.15) is 5.75 Å². The number of methoxy groups -OCH3 is 1. The molecule has 8 heteroatoms. The minimum absolute atomic E-state index is 0. The van der Waals surface area contributed by atoms with Crippen LogP contribution in [-0.2, 0) is 9.47 Å². The molecule has 1 aromatic carbocycles. The summed E-state index contributed by atoms with van der Waals surface area (Å²) in [6.07, 6.45) is 2.55. The lowest BCUT2D eigenvalue weighted by Crippen LogP contribution is -2.52. The van der Waals surface area contributed by atoms with E-state index in [1.54, 1.807) is 7.11 Å². The summed E-state index contributed by atoms with van der Waals surface area (Å²) in [6, 6.07) is 8.28. The monoisotopic (exact) mass is 518 g/mol. The number of hydrogen-bond donors (Lipinski definition) is 1. The topological polar surface area (TPSA) is 58.6 Å². The van der Waals surface area contributed by atoms with Crippen LogP contribution in [0.4, 0.5) is 5.69 Å². The number of aliphatic imine (C=N–C) groups is 1. The summed E-state index contributed by atoms with van der Waals surface area (Å²) < 4.78 is 16.6. The molecule has 0 aliphatic carbocycles. The van der Waals surface area contributed by atoms with Gasteiger partial charge < -0.3 is 29.3 Å².